The van der Waals surface area contributed by atoms with Crippen LogP contribution in [0.5, 0.6) is 11.6 Å². The monoisotopic (exact) mass is 429 g/mol. The topological polar surface area (TPSA) is 109 Å². The van der Waals surface area contributed by atoms with E-state index in [2.05, 4.69) is 4.98 Å². The van der Waals surface area contributed by atoms with Gasteiger partial charge in [0, 0.05) is 60.7 Å². The van der Waals surface area contributed by atoms with Gasteiger partial charge < -0.3 is 38.2 Å². The first-order valence-electron chi connectivity index (χ1n) is 9.41. The Hall–Kier alpha value is -2.47. The highest BCUT2D eigenvalue weighted by molar-refractivity contribution is 5.71. The minimum atomic E-state index is -0.577. The van der Waals surface area contributed by atoms with Gasteiger partial charge >= 0.3 is 12.2 Å². The lowest BCUT2D eigenvalue weighted by Crippen LogP contribution is -2.38. The smallest absolute Gasteiger partial charge is 0.409 e. The average Bonchev–Trinajstić information content (AvgIpc) is 2.75. The molecule has 0 fully saturated rings. The molecule has 0 aliphatic heterocycles. The second kappa shape index (κ2) is 15.4. The molecule has 2 amide bonds. The number of amides is 2. The summed E-state index contributed by atoms with van der Waals surface area (Å²) in [5.74, 6) is 0.297. The molecule has 0 aliphatic rings. The summed E-state index contributed by atoms with van der Waals surface area (Å²) in [6.07, 6.45) is 0.174. The maximum Gasteiger partial charge on any atom is 0.416 e. The van der Waals surface area contributed by atoms with E-state index in [9.17, 15) is 9.59 Å². The van der Waals surface area contributed by atoms with Gasteiger partial charge in [-0.25, -0.2) is 14.6 Å². The molecule has 1 heterocycles. The Morgan fingerprint density at radius 3 is 1.53 bits per heavy atom. The van der Waals surface area contributed by atoms with Crippen LogP contribution in [-0.4, -0.2) is 108 Å². The van der Waals surface area contributed by atoms with E-state index >= 15 is 0 Å². The van der Waals surface area contributed by atoms with Gasteiger partial charge in [0.1, 0.15) is 0 Å². The maximum absolute atomic E-state index is 12.3. The van der Waals surface area contributed by atoms with Crippen molar-refractivity contribution in [2.75, 3.05) is 81.0 Å². The van der Waals surface area contributed by atoms with Gasteiger partial charge in [-0.1, -0.05) is 0 Å². The predicted octanol–water partition coefficient (Wildman–Crippen LogP) is 1.27. The van der Waals surface area contributed by atoms with Gasteiger partial charge in [0.25, 0.3) is 0 Å². The van der Waals surface area contributed by atoms with Crippen LogP contribution in [0.1, 0.15) is 0 Å². The van der Waals surface area contributed by atoms with Crippen LogP contribution < -0.4 is 9.47 Å². The second-order valence-electron chi connectivity index (χ2n) is 6.01. The molecule has 1 rings (SSSR count). The Kier molecular flexibility index (Phi) is 13.1. The first-order valence-corrected chi connectivity index (χ1v) is 9.41. The first kappa shape index (κ1) is 25.6. The highest BCUT2D eigenvalue weighted by Crippen LogP contribution is 2.15. The molecule has 0 saturated carbocycles. The van der Waals surface area contributed by atoms with E-state index in [1.54, 1.807) is 28.4 Å². The molecule has 0 atom stereocenters. The van der Waals surface area contributed by atoms with Crippen LogP contribution in [0.15, 0.2) is 18.3 Å². The Morgan fingerprint density at radius 1 is 0.733 bits per heavy atom. The third-order valence-corrected chi connectivity index (χ3v) is 3.88. The normalized spacial score (nSPS) is 10.5. The van der Waals surface area contributed by atoms with E-state index in [1.807, 2.05) is 0 Å². The predicted molar refractivity (Wildman–Crippen MR) is 107 cm³/mol. The molecule has 11 heteroatoms. The number of nitrogens with zero attached hydrogens (tertiary/aromatic N) is 3. The number of hydrogen-bond acceptors (Lipinski definition) is 9. The molecule has 0 spiro atoms. The van der Waals surface area contributed by atoms with Crippen molar-refractivity contribution < 1.29 is 38.0 Å². The lowest BCUT2D eigenvalue weighted by Gasteiger charge is -2.21. The molecule has 0 saturated heterocycles. The summed E-state index contributed by atoms with van der Waals surface area (Å²) in [7, 11) is 6.20. The van der Waals surface area contributed by atoms with Crippen LogP contribution in [-0.2, 0) is 18.9 Å². The van der Waals surface area contributed by atoms with Crippen LogP contribution >= 0.6 is 0 Å². The highest BCUT2D eigenvalue weighted by atomic mass is 16.6. The van der Waals surface area contributed by atoms with E-state index in [0.717, 1.165) is 0 Å². The van der Waals surface area contributed by atoms with E-state index in [1.165, 1.54) is 28.1 Å². The quantitative estimate of drug-likeness (QED) is 0.432. The SMILES string of the molecule is COCCN(CCOC)C(=O)Oc1ccc(OC(=O)N(CCOC)CCOC)nc1. The molecule has 1 aromatic heterocycles. The molecule has 0 bridgehead atoms. The zero-order chi connectivity index (χ0) is 22.2. The maximum atomic E-state index is 12.3. The molecule has 0 radical (unpaired) electrons. The van der Waals surface area contributed by atoms with Crippen LogP contribution in [0.2, 0.25) is 0 Å². The Bertz CT molecular complexity index is 545. The van der Waals surface area contributed by atoms with Crippen LogP contribution in [0, 0.1) is 0 Å². The summed E-state index contributed by atoms with van der Waals surface area (Å²) < 4.78 is 30.6. The molecule has 0 aromatic carbocycles. The number of aromatic nitrogens is 1. The van der Waals surface area contributed by atoms with Gasteiger partial charge in [0.05, 0.1) is 32.6 Å². The van der Waals surface area contributed by atoms with Crippen molar-refractivity contribution >= 4 is 12.2 Å². The summed E-state index contributed by atoms with van der Waals surface area (Å²) in [6, 6.07) is 2.94. The molecule has 0 aliphatic carbocycles. The van der Waals surface area contributed by atoms with Gasteiger partial charge in [0.2, 0.25) is 5.88 Å². The van der Waals surface area contributed by atoms with E-state index in [4.69, 9.17) is 28.4 Å². The Labute approximate surface area is 176 Å². The fourth-order valence-electron chi connectivity index (χ4n) is 2.20. The van der Waals surface area contributed by atoms with Gasteiger partial charge in [-0.3, -0.25) is 0 Å². The minimum absolute atomic E-state index is 0.0789. The summed E-state index contributed by atoms with van der Waals surface area (Å²) in [6.45, 7) is 2.90. The summed E-state index contributed by atoms with van der Waals surface area (Å²) in [5.41, 5.74) is 0. The van der Waals surface area contributed by atoms with Gasteiger partial charge in [-0.2, -0.15) is 0 Å². The van der Waals surface area contributed by atoms with E-state index in [-0.39, 0.29) is 11.6 Å². The Morgan fingerprint density at radius 2 is 1.17 bits per heavy atom. The standard InChI is InChI=1S/C19H31N3O8/c1-25-11-7-21(8-12-26-2)18(23)29-16-5-6-17(20-15-16)30-19(24)22(9-13-27-3)10-14-28-4/h5-6,15H,7-14H2,1-4H3. The van der Waals surface area contributed by atoms with E-state index < -0.39 is 12.2 Å². The van der Waals surface area contributed by atoms with Crippen LogP contribution in [0.4, 0.5) is 9.59 Å². The molecule has 30 heavy (non-hydrogen) atoms. The van der Waals surface area contributed by atoms with Crippen LogP contribution in [0.25, 0.3) is 0 Å². The van der Waals surface area contributed by atoms with E-state index in [0.29, 0.717) is 52.6 Å². The molecule has 170 valence electrons. The molecular weight excluding hydrogens is 398 g/mol. The van der Waals surface area contributed by atoms with Crippen molar-refractivity contribution in [1.82, 2.24) is 14.8 Å². The Balaban J connectivity index is 2.65. The summed E-state index contributed by atoms with van der Waals surface area (Å²) in [5, 5.41) is 0. The highest BCUT2D eigenvalue weighted by Gasteiger charge is 2.18. The summed E-state index contributed by atoms with van der Waals surface area (Å²) in [4.78, 5) is 31.6. The third kappa shape index (κ3) is 9.83. The molecule has 1 aromatic rings. The average molecular weight is 429 g/mol. The largest absolute Gasteiger partial charge is 0.416 e. The molecule has 0 N–H and O–H groups in total. The molecule has 0 unspecified atom stereocenters. The zero-order valence-electron chi connectivity index (χ0n) is 18.0. The number of carbonyl (C=O) groups excluding carboxylic acids is 2. The van der Waals surface area contributed by atoms with Crippen molar-refractivity contribution in [3.63, 3.8) is 0 Å². The summed E-state index contributed by atoms with van der Waals surface area (Å²) >= 11 is 0. The van der Waals surface area contributed by atoms with Gasteiger partial charge in [-0.15, -0.1) is 0 Å². The molecule has 11 nitrogen and oxygen atoms in total. The van der Waals surface area contributed by atoms with Crippen molar-refractivity contribution in [3.05, 3.63) is 18.3 Å². The lowest BCUT2D eigenvalue weighted by molar-refractivity contribution is 0.100. The number of methoxy groups -OCH3 is 4. The lowest BCUT2D eigenvalue weighted by atomic mass is 10.4. The second-order valence-corrected chi connectivity index (χ2v) is 6.01. The number of carbonyl (C=O) groups is 2. The number of rotatable bonds is 14. The molecular formula is C19H31N3O8. The van der Waals surface area contributed by atoms with Crippen molar-refractivity contribution in [2.45, 2.75) is 0 Å². The van der Waals surface area contributed by atoms with Crippen molar-refractivity contribution in [2.24, 2.45) is 0 Å². The van der Waals surface area contributed by atoms with Crippen molar-refractivity contribution in [3.8, 4) is 11.6 Å². The third-order valence-electron chi connectivity index (χ3n) is 3.88. The zero-order valence-corrected chi connectivity index (χ0v) is 18.0. The fraction of sp³-hybridized carbons (Fsp3) is 0.632. The number of ether oxygens (including phenoxy) is 6. The minimum Gasteiger partial charge on any atom is -0.409 e. The number of pyridine rings is 1. The van der Waals surface area contributed by atoms with Crippen molar-refractivity contribution in [1.29, 1.82) is 0 Å². The number of hydrogen-bond donors (Lipinski definition) is 0. The van der Waals surface area contributed by atoms with Crippen LogP contribution in [0.3, 0.4) is 0 Å². The van der Waals surface area contributed by atoms with Gasteiger partial charge in [0.15, 0.2) is 5.75 Å². The first-order chi connectivity index (χ1) is 14.5. The fourth-order valence-corrected chi connectivity index (χ4v) is 2.20. The van der Waals surface area contributed by atoms with Gasteiger partial charge in [-0.05, 0) is 6.07 Å².